The Morgan fingerprint density at radius 2 is 1.88 bits per heavy atom. The third kappa shape index (κ3) is 3.50. The summed E-state index contributed by atoms with van der Waals surface area (Å²) in [4.78, 5) is 9.26. The quantitative estimate of drug-likeness (QED) is 0.443. The van der Waals surface area contributed by atoms with Gasteiger partial charge in [-0.15, -0.1) is 11.3 Å². The normalized spacial score (nSPS) is 11.0. The average Bonchev–Trinajstić information content (AvgIpc) is 3.22. The molecule has 0 fully saturated rings. The minimum atomic E-state index is 0.623. The van der Waals surface area contributed by atoms with E-state index in [0.717, 1.165) is 44.7 Å². The number of rotatable bonds is 4. The van der Waals surface area contributed by atoms with E-state index in [1.165, 1.54) is 0 Å². The summed E-state index contributed by atoms with van der Waals surface area (Å²) in [6, 6.07) is 17.8. The fourth-order valence-electron chi connectivity index (χ4n) is 2.66. The highest BCUT2D eigenvalue weighted by Gasteiger charge is 2.16. The van der Waals surface area contributed by atoms with Crippen LogP contribution in [0.15, 0.2) is 64.4 Å². The van der Waals surface area contributed by atoms with Crippen LogP contribution in [0.5, 0.6) is 0 Å². The Labute approximate surface area is 155 Å². The van der Waals surface area contributed by atoms with E-state index in [0.29, 0.717) is 5.89 Å². The summed E-state index contributed by atoms with van der Waals surface area (Å²) in [7, 11) is 0. The number of benzene rings is 2. The molecule has 2 heterocycles. The lowest BCUT2D eigenvalue weighted by molar-refractivity contribution is 0.586. The van der Waals surface area contributed by atoms with E-state index < -0.39 is 0 Å². The number of oxazole rings is 1. The van der Waals surface area contributed by atoms with Crippen molar-refractivity contribution in [1.29, 1.82) is 0 Å². The molecule has 2 aromatic heterocycles. The van der Waals surface area contributed by atoms with Crippen molar-refractivity contribution in [3.05, 3.63) is 81.3 Å². The van der Waals surface area contributed by atoms with Crippen LogP contribution in [0.4, 0.5) is 0 Å². The van der Waals surface area contributed by atoms with Gasteiger partial charge < -0.3 is 4.42 Å². The molecule has 0 bridgehead atoms. The standard InChI is InChI=1S/C20H15ClN2OS/c1-13-19(24-20(22-13)15-7-3-2-4-8-15)17-12-25-18(23-17)11-14-6-5-9-16(21)10-14/h2-10,12H,11H2,1H3. The molecule has 4 aromatic rings. The van der Waals surface area contributed by atoms with E-state index in [2.05, 4.69) is 11.1 Å². The Morgan fingerprint density at radius 1 is 1.04 bits per heavy atom. The maximum Gasteiger partial charge on any atom is 0.227 e. The van der Waals surface area contributed by atoms with Gasteiger partial charge in [-0.25, -0.2) is 9.97 Å². The van der Waals surface area contributed by atoms with Gasteiger partial charge >= 0.3 is 0 Å². The molecule has 2 aromatic carbocycles. The molecule has 3 nitrogen and oxygen atoms in total. The molecule has 124 valence electrons. The number of hydrogen-bond donors (Lipinski definition) is 0. The van der Waals surface area contributed by atoms with E-state index in [1.54, 1.807) is 11.3 Å². The molecular formula is C20H15ClN2OS. The van der Waals surface area contributed by atoms with Gasteiger partial charge in [-0.1, -0.05) is 41.9 Å². The highest BCUT2D eigenvalue weighted by molar-refractivity contribution is 7.10. The van der Waals surface area contributed by atoms with Crippen molar-refractivity contribution in [3.63, 3.8) is 0 Å². The zero-order chi connectivity index (χ0) is 17.2. The molecule has 25 heavy (non-hydrogen) atoms. The van der Waals surface area contributed by atoms with Crippen LogP contribution < -0.4 is 0 Å². The molecule has 0 radical (unpaired) electrons. The maximum atomic E-state index is 6.05. The lowest BCUT2D eigenvalue weighted by Crippen LogP contribution is -1.87. The van der Waals surface area contributed by atoms with Gasteiger partial charge in [0, 0.05) is 22.4 Å². The second-order valence-corrected chi connectivity index (χ2v) is 7.11. The molecule has 0 aliphatic heterocycles. The third-order valence-corrected chi connectivity index (χ3v) is 4.93. The second kappa shape index (κ2) is 6.82. The van der Waals surface area contributed by atoms with Gasteiger partial charge in [0.25, 0.3) is 0 Å². The van der Waals surface area contributed by atoms with E-state index in [4.69, 9.17) is 21.0 Å². The van der Waals surface area contributed by atoms with Gasteiger partial charge in [-0.2, -0.15) is 0 Å². The van der Waals surface area contributed by atoms with Crippen molar-refractivity contribution in [1.82, 2.24) is 9.97 Å². The second-order valence-electron chi connectivity index (χ2n) is 5.73. The van der Waals surface area contributed by atoms with Gasteiger partial charge in [0.1, 0.15) is 5.69 Å². The maximum absolute atomic E-state index is 6.05. The lowest BCUT2D eigenvalue weighted by Gasteiger charge is -1.98. The predicted molar refractivity (Wildman–Crippen MR) is 102 cm³/mol. The fourth-order valence-corrected chi connectivity index (χ4v) is 3.68. The molecular weight excluding hydrogens is 352 g/mol. The lowest BCUT2D eigenvalue weighted by atomic mass is 10.2. The Morgan fingerprint density at radius 3 is 2.68 bits per heavy atom. The van der Waals surface area contributed by atoms with Crippen LogP contribution in [-0.4, -0.2) is 9.97 Å². The fraction of sp³-hybridized carbons (Fsp3) is 0.100. The summed E-state index contributed by atoms with van der Waals surface area (Å²) in [5.74, 6) is 1.35. The van der Waals surface area contributed by atoms with Crippen LogP contribution in [0.25, 0.3) is 22.9 Å². The SMILES string of the molecule is Cc1nc(-c2ccccc2)oc1-c1csc(Cc2cccc(Cl)c2)n1. The molecule has 4 rings (SSSR count). The summed E-state index contributed by atoms with van der Waals surface area (Å²) >= 11 is 7.67. The number of aryl methyl sites for hydroxylation is 1. The van der Waals surface area contributed by atoms with E-state index >= 15 is 0 Å². The van der Waals surface area contributed by atoms with E-state index in [-0.39, 0.29) is 0 Å². The number of hydrogen-bond acceptors (Lipinski definition) is 4. The van der Waals surface area contributed by atoms with Crippen LogP contribution in [0.3, 0.4) is 0 Å². The van der Waals surface area contributed by atoms with Crippen molar-refractivity contribution in [2.75, 3.05) is 0 Å². The van der Waals surface area contributed by atoms with Gasteiger partial charge in [-0.05, 0) is 36.8 Å². The molecule has 0 unspecified atom stereocenters. The predicted octanol–water partition coefficient (Wildman–Crippen LogP) is 6.02. The summed E-state index contributed by atoms with van der Waals surface area (Å²) in [6.07, 6.45) is 0.754. The largest absolute Gasteiger partial charge is 0.434 e. The van der Waals surface area contributed by atoms with E-state index in [1.807, 2.05) is 60.8 Å². The van der Waals surface area contributed by atoms with Crippen molar-refractivity contribution < 1.29 is 4.42 Å². The van der Waals surface area contributed by atoms with Crippen molar-refractivity contribution >= 4 is 22.9 Å². The molecule has 0 aliphatic rings. The van der Waals surface area contributed by atoms with Gasteiger partial charge in [-0.3, -0.25) is 0 Å². The molecule has 0 saturated carbocycles. The zero-order valence-corrected chi connectivity index (χ0v) is 15.1. The number of halogens is 1. The first kappa shape index (κ1) is 16.1. The van der Waals surface area contributed by atoms with Crippen molar-refractivity contribution in [2.45, 2.75) is 13.3 Å². The first-order valence-electron chi connectivity index (χ1n) is 7.91. The Balaban J connectivity index is 1.61. The Bertz CT molecular complexity index is 1010. The minimum Gasteiger partial charge on any atom is -0.434 e. The summed E-state index contributed by atoms with van der Waals surface area (Å²) in [5.41, 5.74) is 3.78. The van der Waals surface area contributed by atoms with E-state index in [9.17, 15) is 0 Å². The monoisotopic (exact) mass is 366 g/mol. The van der Waals surface area contributed by atoms with Gasteiger partial charge in [0.2, 0.25) is 5.89 Å². The van der Waals surface area contributed by atoms with Crippen LogP contribution in [0.2, 0.25) is 5.02 Å². The van der Waals surface area contributed by atoms with Crippen LogP contribution in [0.1, 0.15) is 16.3 Å². The zero-order valence-electron chi connectivity index (χ0n) is 13.6. The topological polar surface area (TPSA) is 38.9 Å². The van der Waals surface area contributed by atoms with Crippen molar-refractivity contribution in [3.8, 4) is 22.9 Å². The first-order valence-corrected chi connectivity index (χ1v) is 9.17. The highest BCUT2D eigenvalue weighted by atomic mass is 35.5. The van der Waals surface area contributed by atoms with Crippen LogP contribution >= 0.6 is 22.9 Å². The molecule has 0 spiro atoms. The molecule has 0 aliphatic carbocycles. The van der Waals surface area contributed by atoms with Gasteiger partial charge in [0.15, 0.2) is 5.76 Å². The molecule has 0 saturated heterocycles. The summed E-state index contributed by atoms with van der Waals surface area (Å²) < 4.78 is 5.98. The van der Waals surface area contributed by atoms with Crippen LogP contribution in [-0.2, 0) is 6.42 Å². The summed E-state index contributed by atoms with van der Waals surface area (Å²) in [5, 5.41) is 3.78. The van der Waals surface area contributed by atoms with Gasteiger partial charge in [0.05, 0.1) is 10.7 Å². The Kier molecular flexibility index (Phi) is 4.38. The molecule has 5 heteroatoms. The van der Waals surface area contributed by atoms with Crippen molar-refractivity contribution in [2.24, 2.45) is 0 Å². The third-order valence-electron chi connectivity index (χ3n) is 3.85. The highest BCUT2D eigenvalue weighted by Crippen LogP contribution is 2.30. The smallest absolute Gasteiger partial charge is 0.227 e. The molecule has 0 amide bonds. The molecule has 0 atom stereocenters. The Hall–Kier alpha value is -2.43. The molecule has 0 N–H and O–H groups in total. The first-order chi connectivity index (χ1) is 12.2. The number of aromatic nitrogens is 2. The average molecular weight is 367 g/mol. The summed E-state index contributed by atoms with van der Waals surface area (Å²) in [6.45, 7) is 1.95. The minimum absolute atomic E-state index is 0.623. The number of thiazole rings is 1. The van der Waals surface area contributed by atoms with Crippen LogP contribution in [0, 0.1) is 6.92 Å². The number of nitrogens with zero attached hydrogens (tertiary/aromatic N) is 2.